The van der Waals surface area contributed by atoms with E-state index in [4.69, 9.17) is 5.53 Å². The van der Waals surface area contributed by atoms with Crippen molar-refractivity contribution < 1.29 is 4.39 Å². The molecule has 2 nitrogen and oxygen atoms in total. The fraction of sp³-hybridized carbons (Fsp3) is 0.500. The molecule has 7 heteroatoms. The summed E-state index contributed by atoms with van der Waals surface area (Å²) >= 11 is 1.86. The van der Waals surface area contributed by atoms with Crippen molar-refractivity contribution in [3.05, 3.63) is 29.3 Å². The monoisotopic (exact) mass is 410 g/mol. The van der Waals surface area contributed by atoms with E-state index >= 15 is 0 Å². The van der Waals surface area contributed by atoms with Crippen LogP contribution in [0.3, 0.4) is 0 Å². The van der Waals surface area contributed by atoms with Gasteiger partial charge in [0.1, 0.15) is 7.85 Å². The molecule has 0 aromatic heterocycles. The molecular formula is C12H19BFIN2P2. The molecule has 1 N–H and O–H groups in total. The topological polar surface area (TPSA) is 36.2 Å². The molecule has 0 spiro atoms. The minimum Gasteiger partial charge on any atom is -0.232 e. The Morgan fingerprint density at radius 1 is 1.37 bits per heavy atom. The third-order valence-corrected chi connectivity index (χ3v) is 6.08. The van der Waals surface area contributed by atoms with Crippen LogP contribution in [0.4, 0.5) is 10.1 Å². The van der Waals surface area contributed by atoms with Gasteiger partial charge in [0.05, 0.1) is 5.69 Å². The number of nitrogens with one attached hydrogen (secondary N) is 1. The first-order valence-electron chi connectivity index (χ1n) is 5.89. The van der Waals surface area contributed by atoms with E-state index < -0.39 is 13.9 Å². The molecule has 1 aromatic carbocycles. The van der Waals surface area contributed by atoms with Crippen LogP contribution < -0.4 is 0 Å². The van der Waals surface area contributed by atoms with E-state index in [1.54, 1.807) is 13.0 Å². The van der Waals surface area contributed by atoms with E-state index in [1.807, 2.05) is 56.4 Å². The normalized spacial score (nSPS) is 18.5. The minimum absolute atomic E-state index is 0.399. The largest absolute Gasteiger partial charge is 0.232 e. The standard InChI is InChI=1S/C12H19BFIN2P2/c1-7-6-8(4-5-9(7)17-16)12(13,10(2,14)15)11(3,18)19/h4-6,16H,13,18-19H2,1-3H3. The van der Waals surface area contributed by atoms with Crippen LogP contribution in [-0.2, 0) is 5.31 Å². The quantitative estimate of drug-likeness (QED) is 0.256. The molecule has 4 unspecified atom stereocenters. The lowest BCUT2D eigenvalue weighted by Gasteiger charge is -2.48. The van der Waals surface area contributed by atoms with Crippen LogP contribution in [0.25, 0.3) is 0 Å². The van der Waals surface area contributed by atoms with Gasteiger partial charge in [0.2, 0.25) is 0 Å². The van der Waals surface area contributed by atoms with E-state index in [0.717, 1.165) is 11.1 Å². The fourth-order valence-corrected chi connectivity index (χ4v) is 4.48. The second-order valence-corrected chi connectivity index (χ2v) is 10.5. The maximum atomic E-state index is 14.8. The number of hydrogen-bond acceptors (Lipinski definition) is 2. The third kappa shape index (κ3) is 3.19. The highest BCUT2D eigenvalue weighted by molar-refractivity contribution is 14.1. The highest BCUT2D eigenvalue weighted by Crippen LogP contribution is 2.54. The van der Waals surface area contributed by atoms with Crippen LogP contribution >= 0.6 is 41.1 Å². The smallest absolute Gasteiger partial charge is 0.162 e. The SMILES string of the molecule is BC(c1ccc(N=N)c(C)c1)(C(C)(P)P)C(C)(F)I. The number of nitrogens with zero attached hydrogens (tertiary/aromatic N) is 1. The molecule has 0 fully saturated rings. The molecule has 0 aliphatic rings. The van der Waals surface area contributed by atoms with E-state index in [-0.39, 0.29) is 0 Å². The Bertz CT molecular complexity index is 483. The summed E-state index contributed by atoms with van der Waals surface area (Å²) in [6, 6.07) is 5.57. The molecule has 0 bridgehead atoms. The Labute approximate surface area is 133 Å². The van der Waals surface area contributed by atoms with E-state index in [9.17, 15) is 4.39 Å². The molecule has 104 valence electrons. The zero-order valence-electron chi connectivity index (χ0n) is 11.6. The Kier molecular flexibility index (Phi) is 5.19. The number of rotatable bonds is 4. The van der Waals surface area contributed by atoms with Crippen LogP contribution in [0.1, 0.15) is 25.0 Å². The summed E-state index contributed by atoms with van der Waals surface area (Å²) in [5.74, 6) is 0. The zero-order chi connectivity index (χ0) is 15.1. The van der Waals surface area contributed by atoms with Crippen molar-refractivity contribution >= 4 is 54.6 Å². The first-order chi connectivity index (χ1) is 8.45. The predicted octanol–water partition coefficient (Wildman–Crippen LogP) is 4.07. The van der Waals surface area contributed by atoms with Crippen LogP contribution in [0.2, 0.25) is 0 Å². The van der Waals surface area contributed by atoms with Crippen molar-refractivity contribution in [2.75, 3.05) is 0 Å². The van der Waals surface area contributed by atoms with Crippen molar-refractivity contribution in [1.29, 1.82) is 5.53 Å². The number of hydrogen-bond donors (Lipinski definition) is 1. The Morgan fingerprint density at radius 2 is 1.89 bits per heavy atom. The van der Waals surface area contributed by atoms with Gasteiger partial charge in [0.25, 0.3) is 0 Å². The third-order valence-electron chi connectivity index (χ3n) is 3.85. The summed E-state index contributed by atoms with van der Waals surface area (Å²) in [5, 5.41) is 2.75. The Morgan fingerprint density at radius 3 is 2.21 bits per heavy atom. The number of aryl methyl sites for hydroxylation is 1. The van der Waals surface area contributed by atoms with Gasteiger partial charge in [-0.25, -0.2) is 9.92 Å². The van der Waals surface area contributed by atoms with Crippen molar-refractivity contribution in [2.45, 2.75) is 34.7 Å². The second kappa shape index (κ2) is 5.65. The molecule has 0 saturated carbocycles. The molecule has 1 aromatic rings. The minimum atomic E-state index is -1.42. The predicted molar refractivity (Wildman–Crippen MR) is 97.6 cm³/mol. The molecule has 0 heterocycles. The van der Waals surface area contributed by atoms with Gasteiger partial charge >= 0.3 is 0 Å². The van der Waals surface area contributed by atoms with Gasteiger partial charge in [-0.05, 0) is 53.6 Å². The van der Waals surface area contributed by atoms with Crippen LogP contribution in [-0.4, -0.2) is 16.4 Å². The lowest BCUT2D eigenvalue weighted by Crippen LogP contribution is -2.53. The van der Waals surface area contributed by atoms with Crippen LogP contribution in [0, 0.1) is 12.5 Å². The lowest BCUT2D eigenvalue weighted by atomic mass is 9.58. The lowest BCUT2D eigenvalue weighted by molar-refractivity contribution is 0.244. The molecule has 0 aliphatic carbocycles. The molecule has 0 saturated heterocycles. The average Bonchev–Trinajstić information content (AvgIpc) is 2.24. The molecule has 0 amide bonds. The number of alkyl halides is 2. The van der Waals surface area contributed by atoms with Gasteiger partial charge in [-0.2, -0.15) is 5.11 Å². The summed E-state index contributed by atoms with van der Waals surface area (Å²) in [6.07, 6.45) is 0. The molecule has 0 radical (unpaired) electrons. The van der Waals surface area contributed by atoms with Gasteiger partial charge in [-0.1, -0.05) is 19.1 Å². The molecule has 0 aliphatic heterocycles. The van der Waals surface area contributed by atoms with Crippen molar-refractivity contribution in [2.24, 2.45) is 5.11 Å². The molecule has 4 atom stereocenters. The van der Waals surface area contributed by atoms with Gasteiger partial charge in [0.15, 0.2) is 3.68 Å². The average molecular weight is 410 g/mol. The fourth-order valence-electron chi connectivity index (χ4n) is 2.13. The van der Waals surface area contributed by atoms with Gasteiger partial charge in [-0.15, -0.1) is 18.5 Å². The van der Waals surface area contributed by atoms with Crippen molar-refractivity contribution in [3.8, 4) is 0 Å². The summed E-state index contributed by atoms with van der Waals surface area (Å²) in [7, 11) is 7.36. The summed E-state index contributed by atoms with van der Waals surface area (Å²) in [5.41, 5.74) is 9.51. The van der Waals surface area contributed by atoms with Crippen LogP contribution in [0.15, 0.2) is 23.3 Å². The molecular weight excluding hydrogens is 391 g/mol. The van der Waals surface area contributed by atoms with Gasteiger partial charge in [0, 0.05) is 10.2 Å². The van der Waals surface area contributed by atoms with Crippen LogP contribution in [0.5, 0.6) is 0 Å². The summed E-state index contributed by atoms with van der Waals surface area (Å²) < 4.78 is 13.4. The first-order valence-corrected chi connectivity index (χ1v) is 8.12. The van der Waals surface area contributed by atoms with E-state index in [0.29, 0.717) is 5.69 Å². The maximum Gasteiger partial charge on any atom is 0.162 e. The highest BCUT2D eigenvalue weighted by Gasteiger charge is 2.52. The second-order valence-electron chi connectivity index (χ2n) is 5.41. The summed E-state index contributed by atoms with van der Waals surface area (Å²) in [6.45, 7) is 5.47. The molecule has 19 heavy (non-hydrogen) atoms. The Balaban J connectivity index is 3.52. The molecule has 1 rings (SSSR count). The number of halogens is 2. The van der Waals surface area contributed by atoms with Gasteiger partial charge in [-0.3, -0.25) is 0 Å². The van der Waals surface area contributed by atoms with Crippen molar-refractivity contribution in [1.82, 2.24) is 0 Å². The Hall–Kier alpha value is 0.405. The first kappa shape index (κ1) is 17.5. The summed E-state index contributed by atoms with van der Waals surface area (Å²) in [4.78, 5) is -0.399. The van der Waals surface area contributed by atoms with Crippen molar-refractivity contribution in [3.63, 3.8) is 0 Å². The highest BCUT2D eigenvalue weighted by atomic mass is 127. The van der Waals surface area contributed by atoms with Gasteiger partial charge < -0.3 is 0 Å². The zero-order valence-corrected chi connectivity index (χ0v) is 16.1. The van der Waals surface area contributed by atoms with E-state index in [2.05, 4.69) is 23.6 Å². The number of benzene rings is 1. The maximum absolute atomic E-state index is 14.8. The van der Waals surface area contributed by atoms with E-state index in [1.165, 1.54) is 0 Å².